The Morgan fingerprint density at radius 3 is 2.62 bits per heavy atom. The molecule has 1 aliphatic carbocycles. The summed E-state index contributed by atoms with van der Waals surface area (Å²) < 4.78 is 5.87. The van der Waals surface area contributed by atoms with E-state index >= 15 is 0 Å². The Balaban J connectivity index is 1.61. The van der Waals surface area contributed by atoms with E-state index in [0.717, 1.165) is 22.1 Å². The molecule has 3 heteroatoms. The van der Waals surface area contributed by atoms with Gasteiger partial charge in [0, 0.05) is 11.0 Å². The zero-order valence-electron chi connectivity index (χ0n) is 13.1. The average Bonchev–Trinajstić information content (AvgIpc) is 3.05. The quantitative estimate of drug-likeness (QED) is 0.779. The number of aliphatic hydroxyl groups excluding tert-OH is 1. The summed E-state index contributed by atoms with van der Waals surface area (Å²) in [5.74, 6) is 0.681. The van der Waals surface area contributed by atoms with Gasteiger partial charge in [0.1, 0.15) is 17.4 Å². The normalized spacial score (nSPS) is 19.0. The van der Waals surface area contributed by atoms with Gasteiger partial charge in [-0.05, 0) is 23.8 Å². The Morgan fingerprint density at radius 2 is 1.79 bits per heavy atom. The smallest absolute Gasteiger partial charge is 0.134 e. The molecule has 0 aliphatic heterocycles. The Bertz CT molecular complexity index is 915. The van der Waals surface area contributed by atoms with Crippen molar-refractivity contribution in [3.05, 3.63) is 90.2 Å². The van der Waals surface area contributed by atoms with Gasteiger partial charge in [0.05, 0.1) is 12.3 Å². The fourth-order valence-electron chi connectivity index (χ4n) is 2.84. The maximum Gasteiger partial charge on any atom is 0.134 e. The van der Waals surface area contributed by atoms with Crippen LogP contribution in [0.1, 0.15) is 11.3 Å². The van der Waals surface area contributed by atoms with Gasteiger partial charge in [0.25, 0.3) is 0 Å². The lowest BCUT2D eigenvalue weighted by molar-refractivity contribution is 0.294. The summed E-state index contributed by atoms with van der Waals surface area (Å²) in [6.45, 7) is 0.547. The van der Waals surface area contributed by atoms with Crippen molar-refractivity contribution in [3.8, 4) is 0 Å². The van der Waals surface area contributed by atoms with Crippen LogP contribution in [0.15, 0.2) is 88.3 Å². The first kappa shape index (κ1) is 14.7. The van der Waals surface area contributed by atoms with Gasteiger partial charge >= 0.3 is 0 Å². The summed E-state index contributed by atoms with van der Waals surface area (Å²) in [6, 6.07) is 19.8. The van der Waals surface area contributed by atoms with Crippen LogP contribution in [0.5, 0.6) is 0 Å². The number of allylic oxidation sites excluding steroid dienone is 2. The summed E-state index contributed by atoms with van der Waals surface area (Å²) in [4.78, 5) is 4.56. The van der Waals surface area contributed by atoms with Gasteiger partial charge in [-0.15, -0.1) is 0 Å². The average molecular weight is 315 g/mol. The molecule has 0 fully saturated rings. The van der Waals surface area contributed by atoms with Gasteiger partial charge in [0.15, 0.2) is 0 Å². The minimum Gasteiger partial charge on any atom is -0.456 e. The van der Waals surface area contributed by atoms with E-state index in [9.17, 15) is 5.11 Å². The minimum atomic E-state index is -0.778. The fraction of sp³-hybridized carbons (Fsp3) is 0.0952. The summed E-state index contributed by atoms with van der Waals surface area (Å²) in [6.07, 6.45) is 4.85. The lowest BCUT2D eigenvalue weighted by Crippen LogP contribution is -2.22. The van der Waals surface area contributed by atoms with E-state index in [-0.39, 0.29) is 0 Å². The standard InChI is InChI=1S/C21H17NO2/c23-21-17(20-13-16-9-4-5-12-19(16)24-20)10-6-11-18(21)22-14-15-7-2-1-3-8-15/h1-13,21,23H,14H2. The van der Waals surface area contributed by atoms with E-state index in [1.807, 2.05) is 78.9 Å². The highest BCUT2D eigenvalue weighted by molar-refractivity contribution is 6.08. The lowest BCUT2D eigenvalue weighted by atomic mass is 9.97. The van der Waals surface area contributed by atoms with Gasteiger partial charge in [-0.3, -0.25) is 4.99 Å². The van der Waals surface area contributed by atoms with Crippen molar-refractivity contribution in [3.63, 3.8) is 0 Å². The molecule has 2 aromatic carbocycles. The topological polar surface area (TPSA) is 45.7 Å². The van der Waals surface area contributed by atoms with Crippen LogP contribution < -0.4 is 0 Å². The van der Waals surface area contributed by atoms with Crippen LogP contribution in [-0.2, 0) is 6.54 Å². The maximum atomic E-state index is 10.7. The third-order valence-corrected chi connectivity index (χ3v) is 4.11. The second-order valence-electron chi connectivity index (χ2n) is 5.76. The number of benzene rings is 2. The molecule has 3 aromatic rings. The molecule has 3 nitrogen and oxygen atoms in total. The van der Waals surface area contributed by atoms with Crippen molar-refractivity contribution in [2.75, 3.05) is 0 Å². The van der Waals surface area contributed by atoms with Gasteiger partial charge in [-0.2, -0.15) is 0 Å². The summed E-state index contributed by atoms with van der Waals surface area (Å²) in [7, 11) is 0. The number of nitrogens with zero attached hydrogens (tertiary/aromatic N) is 1. The molecule has 0 spiro atoms. The Hall–Kier alpha value is -2.91. The van der Waals surface area contributed by atoms with E-state index in [4.69, 9.17) is 4.42 Å². The molecule has 24 heavy (non-hydrogen) atoms. The molecule has 0 radical (unpaired) electrons. The monoisotopic (exact) mass is 315 g/mol. The molecule has 1 aliphatic rings. The summed E-state index contributed by atoms with van der Waals surface area (Å²) in [5.41, 5.74) is 3.32. The lowest BCUT2D eigenvalue weighted by Gasteiger charge is -2.16. The Labute approximate surface area is 140 Å². The molecule has 0 saturated carbocycles. The molecule has 1 unspecified atom stereocenters. The summed E-state index contributed by atoms with van der Waals surface area (Å²) >= 11 is 0. The SMILES string of the molecule is OC1C(c2cc3ccccc3o2)=CC=CC1=NCc1ccccc1. The predicted molar refractivity (Wildman–Crippen MR) is 96.9 cm³/mol. The number of furan rings is 1. The molecular weight excluding hydrogens is 298 g/mol. The molecule has 4 rings (SSSR count). The van der Waals surface area contributed by atoms with E-state index in [0.29, 0.717) is 18.0 Å². The Kier molecular flexibility index (Phi) is 3.85. The van der Waals surface area contributed by atoms with Crippen LogP contribution in [0.25, 0.3) is 16.5 Å². The first-order valence-corrected chi connectivity index (χ1v) is 7.95. The van der Waals surface area contributed by atoms with Crippen molar-refractivity contribution >= 4 is 22.3 Å². The highest BCUT2D eigenvalue weighted by Crippen LogP contribution is 2.29. The van der Waals surface area contributed by atoms with Crippen LogP contribution in [-0.4, -0.2) is 16.9 Å². The van der Waals surface area contributed by atoms with E-state index in [1.54, 1.807) is 0 Å². The molecular formula is C21H17NO2. The number of para-hydroxylation sites is 1. The zero-order valence-corrected chi connectivity index (χ0v) is 13.1. The number of aliphatic imine (C=N–C) groups is 1. The molecule has 1 N–H and O–H groups in total. The van der Waals surface area contributed by atoms with Crippen LogP contribution >= 0.6 is 0 Å². The third kappa shape index (κ3) is 2.82. The van der Waals surface area contributed by atoms with Crippen LogP contribution in [0.4, 0.5) is 0 Å². The number of rotatable bonds is 3. The van der Waals surface area contributed by atoms with E-state index in [1.165, 1.54) is 0 Å². The maximum absolute atomic E-state index is 10.7. The molecule has 0 saturated heterocycles. The molecule has 1 aromatic heterocycles. The molecule has 0 amide bonds. The first-order valence-electron chi connectivity index (χ1n) is 7.95. The van der Waals surface area contributed by atoms with Crippen molar-refractivity contribution < 1.29 is 9.52 Å². The fourth-order valence-corrected chi connectivity index (χ4v) is 2.84. The second kappa shape index (κ2) is 6.30. The number of hydrogen-bond donors (Lipinski definition) is 1. The number of fused-ring (bicyclic) bond motifs is 1. The van der Waals surface area contributed by atoms with Crippen LogP contribution in [0, 0.1) is 0 Å². The van der Waals surface area contributed by atoms with Crippen molar-refractivity contribution in [1.82, 2.24) is 0 Å². The van der Waals surface area contributed by atoms with Gasteiger partial charge in [0.2, 0.25) is 0 Å². The highest BCUT2D eigenvalue weighted by Gasteiger charge is 2.22. The highest BCUT2D eigenvalue weighted by atomic mass is 16.3. The van der Waals surface area contributed by atoms with Gasteiger partial charge < -0.3 is 9.52 Å². The zero-order chi connectivity index (χ0) is 16.4. The number of hydrogen-bond acceptors (Lipinski definition) is 3. The largest absolute Gasteiger partial charge is 0.456 e. The van der Waals surface area contributed by atoms with E-state index in [2.05, 4.69) is 4.99 Å². The van der Waals surface area contributed by atoms with Crippen molar-refractivity contribution in [1.29, 1.82) is 0 Å². The predicted octanol–water partition coefficient (Wildman–Crippen LogP) is 4.39. The van der Waals surface area contributed by atoms with Gasteiger partial charge in [-0.25, -0.2) is 0 Å². The molecule has 1 heterocycles. The van der Waals surface area contributed by atoms with E-state index < -0.39 is 6.10 Å². The van der Waals surface area contributed by atoms with Crippen LogP contribution in [0.3, 0.4) is 0 Å². The summed E-state index contributed by atoms with van der Waals surface area (Å²) in [5, 5.41) is 11.7. The number of aliphatic hydroxyl groups is 1. The first-order chi connectivity index (χ1) is 11.8. The second-order valence-corrected chi connectivity index (χ2v) is 5.76. The molecule has 1 atom stereocenters. The molecule has 0 bridgehead atoms. The van der Waals surface area contributed by atoms with Crippen molar-refractivity contribution in [2.45, 2.75) is 12.6 Å². The van der Waals surface area contributed by atoms with Crippen molar-refractivity contribution in [2.24, 2.45) is 4.99 Å². The van der Waals surface area contributed by atoms with Crippen LogP contribution in [0.2, 0.25) is 0 Å². The van der Waals surface area contributed by atoms with Gasteiger partial charge in [-0.1, -0.05) is 60.7 Å². The third-order valence-electron chi connectivity index (χ3n) is 4.11. The Morgan fingerprint density at radius 1 is 1.00 bits per heavy atom. The minimum absolute atomic E-state index is 0.547. The molecule has 118 valence electrons.